The largest absolute Gasteiger partial charge is 0.272 e. The normalized spacial score (nSPS) is 22.6. The molecule has 0 aliphatic carbocycles. The molecule has 0 radical (unpaired) electrons. The van der Waals surface area contributed by atoms with Gasteiger partial charge in [-0.05, 0) is 13.0 Å². The lowest BCUT2D eigenvalue weighted by molar-refractivity contribution is 0.177. The van der Waals surface area contributed by atoms with Gasteiger partial charge in [0.25, 0.3) is 0 Å². The highest BCUT2D eigenvalue weighted by atomic mass is 32.2. The molecular formula is C15H17F2N3O2S. The predicted octanol–water partition coefficient (Wildman–Crippen LogP) is 2.13. The second-order valence-corrected chi connectivity index (χ2v) is 7.66. The van der Waals surface area contributed by atoms with Crippen LogP contribution >= 0.6 is 0 Å². The highest BCUT2D eigenvalue weighted by Crippen LogP contribution is 2.39. The highest BCUT2D eigenvalue weighted by Gasteiger charge is 2.46. The molecule has 8 heteroatoms. The maximum atomic E-state index is 15.1. The standard InChI is InChI=1S/C15H17F2N3O2S/c1-11-14(9-18-19(11)2)23(21,22)20-8-7-15(17,10-20)12-5-3-4-6-13(12)16/h3-6,9H,7-8,10H2,1-2H3/t15-/m0/s1. The van der Waals surface area contributed by atoms with E-state index in [2.05, 4.69) is 5.10 Å². The highest BCUT2D eigenvalue weighted by molar-refractivity contribution is 7.89. The maximum absolute atomic E-state index is 15.1. The fraction of sp³-hybridized carbons (Fsp3) is 0.400. The summed E-state index contributed by atoms with van der Waals surface area (Å²) in [5.74, 6) is -0.660. The van der Waals surface area contributed by atoms with E-state index in [1.165, 1.54) is 29.1 Å². The van der Waals surface area contributed by atoms with E-state index in [-0.39, 0.29) is 23.4 Å². The van der Waals surface area contributed by atoms with Crippen LogP contribution in [0.3, 0.4) is 0 Å². The van der Waals surface area contributed by atoms with E-state index in [1.54, 1.807) is 20.0 Å². The molecule has 0 amide bonds. The van der Waals surface area contributed by atoms with Gasteiger partial charge in [-0.25, -0.2) is 17.2 Å². The molecule has 0 N–H and O–H groups in total. The molecular weight excluding hydrogens is 324 g/mol. The molecule has 1 saturated heterocycles. The van der Waals surface area contributed by atoms with Crippen LogP contribution in [0, 0.1) is 12.7 Å². The Hall–Kier alpha value is -1.80. The molecule has 1 aliphatic heterocycles. The Morgan fingerprint density at radius 3 is 2.61 bits per heavy atom. The summed E-state index contributed by atoms with van der Waals surface area (Å²) in [5, 5.41) is 3.92. The van der Waals surface area contributed by atoms with Crippen molar-refractivity contribution in [2.24, 2.45) is 7.05 Å². The molecule has 124 valence electrons. The lowest BCUT2D eigenvalue weighted by Gasteiger charge is -2.21. The molecule has 0 saturated carbocycles. The zero-order chi connectivity index (χ0) is 16.8. The molecule has 2 aromatic rings. The van der Waals surface area contributed by atoms with Crippen LogP contribution in [0.2, 0.25) is 0 Å². The van der Waals surface area contributed by atoms with E-state index in [0.717, 1.165) is 4.31 Å². The van der Waals surface area contributed by atoms with E-state index in [4.69, 9.17) is 0 Å². The van der Waals surface area contributed by atoms with Gasteiger partial charge in [-0.2, -0.15) is 9.40 Å². The number of aryl methyl sites for hydroxylation is 1. The van der Waals surface area contributed by atoms with E-state index in [1.807, 2.05) is 0 Å². The third-order valence-electron chi connectivity index (χ3n) is 4.35. The van der Waals surface area contributed by atoms with Crippen LogP contribution in [-0.2, 0) is 22.7 Å². The summed E-state index contributed by atoms with van der Waals surface area (Å²) in [5.41, 5.74) is -1.64. The Balaban J connectivity index is 1.93. The zero-order valence-electron chi connectivity index (χ0n) is 12.8. The first kappa shape index (κ1) is 16.1. The Bertz CT molecular complexity index is 850. The summed E-state index contributed by atoms with van der Waals surface area (Å²) in [6, 6.07) is 5.56. The molecule has 0 bridgehead atoms. The molecule has 1 atom stereocenters. The number of sulfonamides is 1. The number of nitrogens with zero attached hydrogens (tertiary/aromatic N) is 3. The Morgan fingerprint density at radius 2 is 2.00 bits per heavy atom. The average Bonchev–Trinajstić information content (AvgIpc) is 3.05. The fourth-order valence-corrected chi connectivity index (χ4v) is 4.53. The maximum Gasteiger partial charge on any atom is 0.246 e. The minimum Gasteiger partial charge on any atom is -0.272 e. The molecule has 23 heavy (non-hydrogen) atoms. The van der Waals surface area contributed by atoms with Gasteiger partial charge in [0.05, 0.1) is 18.4 Å². The fourth-order valence-electron chi connectivity index (χ4n) is 2.86. The molecule has 3 rings (SSSR count). The lowest BCUT2D eigenvalue weighted by atomic mass is 9.94. The van der Waals surface area contributed by atoms with E-state index < -0.39 is 28.1 Å². The van der Waals surface area contributed by atoms with Crippen molar-refractivity contribution in [1.29, 1.82) is 0 Å². The summed E-state index contributed by atoms with van der Waals surface area (Å²) in [4.78, 5) is 0.0535. The van der Waals surface area contributed by atoms with Crippen molar-refractivity contribution in [3.8, 4) is 0 Å². The molecule has 0 spiro atoms. The Morgan fingerprint density at radius 1 is 1.30 bits per heavy atom. The monoisotopic (exact) mass is 341 g/mol. The number of benzene rings is 1. The minimum absolute atomic E-state index is 0.00149. The zero-order valence-corrected chi connectivity index (χ0v) is 13.6. The Labute approximate surface area is 133 Å². The summed E-state index contributed by atoms with van der Waals surface area (Å²) in [6.45, 7) is 1.24. The van der Waals surface area contributed by atoms with Gasteiger partial charge >= 0.3 is 0 Å². The average molecular weight is 341 g/mol. The van der Waals surface area contributed by atoms with Crippen molar-refractivity contribution in [1.82, 2.24) is 14.1 Å². The van der Waals surface area contributed by atoms with Crippen LogP contribution in [0.15, 0.2) is 35.4 Å². The van der Waals surface area contributed by atoms with Gasteiger partial charge in [0.2, 0.25) is 10.0 Å². The SMILES string of the molecule is Cc1c(S(=O)(=O)N2CC[C@@](F)(c3ccccc3F)C2)cnn1C. The first-order chi connectivity index (χ1) is 10.8. The number of halogens is 2. The van der Waals surface area contributed by atoms with Crippen molar-refractivity contribution >= 4 is 10.0 Å². The van der Waals surface area contributed by atoms with Crippen molar-refractivity contribution < 1.29 is 17.2 Å². The molecule has 0 unspecified atom stereocenters. The third-order valence-corrected chi connectivity index (χ3v) is 6.30. The summed E-state index contributed by atoms with van der Waals surface area (Å²) < 4.78 is 56.9. The molecule has 2 heterocycles. The topological polar surface area (TPSA) is 55.2 Å². The van der Waals surface area contributed by atoms with Crippen LogP contribution in [0.4, 0.5) is 8.78 Å². The van der Waals surface area contributed by atoms with Gasteiger partial charge in [-0.1, -0.05) is 18.2 Å². The van der Waals surface area contributed by atoms with Crippen molar-refractivity contribution in [3.63, 3.8) is 0 Å². The number of hydrogen-bond acceptors (Lipinski definition) is 3. The number of alkyl halides is 1. The van der Waals surface area contributed by atoms with Gasteiger partial charge in [0.15, 0.2) is 5.67 Å². The van der Waals surface area contributed by atoms with Gasteiger partial charge in [0, 0.05) is 25.6 Å². The van der Waals surface area contributed by atoms with Crippen molar-refractivity contribution in [3.05, 3.63) is 47.5 Å². The minimum atomic E-state index is -3.85. The quantitative estimate of drug-likeness (QED) is 0.859. The van der Waals surface area contributed by atoms with Crippen molar-refractivity contribution in [2.75, 3.05) is 13.1 Å². The van der Waals surface area contributed by atoms with Crippen LogP contribution < -0.4 is 0 Å². The van der Waals surface area contributed by atoms with Gasteiger partial charge < -0.3 is 0 Å². The van der Waals surface area contributed by atoms with E-state index in [9.17, 15) is 12.8 Å². The number of rotatable bonds is 3. The van der Waals surface area contributed by atoms with Gasteiger partial charge in [-0.15, -0.1) is 0 Å². The Kier molecular flexibility index (Phi) is 3.76. The number of aromatic nitrogens is 2. The molecule has 5 nitrogen and oxygen atoms in total. The van der Waals surface area contributed by atoms with E-state index >= 15 is 4.39 Å². The van der Waals surface area contributed by atoms with Crippen LogP contribution in [0.25, 0.3) is 0 Å². The number of hydrogen-bond donors (Lipinski definition) is 0. The summed E-state index contributed by atoms with van der Waals surface area (Å²) >= 11 is 0. The lowest BCUT2D eigenvalue weighted by Crippen LogP contribution is -2.33. The third kappa shape index (κ3) is 2.55. The first-order valence-electron chi connectivity index (χ1n) is 7.18. The molecule has 1 aromatic heterocycles. The van der Waals surface area contributed by atoms with Crippen LogP contribution in [0.5, 0.6) is 0 Å². The molecule has 1 fully saturated rings. The van der Waals surface area contributed by atoms with Crippen molar-refractivity contribution in [2.45, 2.75) is 23.9 Å². The first-order valence-corrected chi connectivity index (χ1v) is 8.62. The molecule has 1 aliphatic rings. The predicted molar refractivity (Wildman–Crippen MR) is 80.5 cm³/mol. The second-order valence-electron chi connectivity index (χ2n) is 5.75. The van der Waals surface area contributed by atoms with Crippen LogP contribution in [0.1, 0.15) is 17.7 Å². The summed E-state index contributed by atoms with van der Waals surface area (Å²) in [6.07, 6.45) is 1.18. The molecule has 1 aromatic carbocycles. The van der Waals surface area contributed by atoms with E-state index in [0.29, 0.717) is 5.69 Å². The summed E-state index contributed by atoms with van der Waals surface area (Å²) in [7, 11) is -2.22. The van der Waals surface area contributed by atoms with Crippen LogP contribution in [-0.4, -0.2) is 35.6 Å². The smallest absolute Gasteiger partial charge is 0.246 e. The second kappa shape index (κ2) is 5.38. The van der Waals surface area contributed by atoms with Gasteiger partial charge in [0.1, 0.15) is 10.7 Å². The van der Waals surface area contributed by atoms with Gasteiger partial charge in [-0.3, -0.25) is 4.68 Å².